The van der Waals surface area contributed by atoms with Gasteiger partial charge in [-0.25, -0.2) is 0 Å². The van der Waals surface area contributed by atoms with Gasteiger partial charge in [-0.15, -0.1) is 0 Å². The largest absolute Gasteiger partial charge is 0.349 e. The van der Waals surface area contributed by atoms with E-state index in [2.05, 4.69) is 37.2 Å². The molecule has 2 aromatic rings. The van der Waals surface area contributed by atoms with Crippen molar-refractivity contribution in [2.45, 2.75) is 32.4 Å². The summed E-state index contributed by atoms with van der Waals surface area (Å²) in [5.41, 5.74) is 2.33. The first-order chi connectivity index (χ1) is 12.1. The number of amides is 1. The lowest BCUT2D eigenvalue weighted by molar-refractivity contribution is -0.127. The number of aromatic nitrogens is 1. The summed E-state index contributed by atoms with van der Waals surface area (Å²) < 4.78 is 1.05. The van der Waals surface area contributed by atoms with Gasteiger partial charge < -0.3 is 5.32 Å². The number of hydrogen-bond acceptors (Lipinski definition) is 3. The minimum Gasteiger partial charge on any atom is -0.349 e. The van der Waals surface area contributed by atoms with Crippen LogP contribution in [-0.2, 0) is 11.3 Å². The van der Waals surface area contributed by atoms with Crippen molar-refractivity contribution in [3.8, 4) is 0 Å². The Morgan fingerprint density at radius 2 is 2.16 bits per heavy atom. The summed E-state index contributed by atoms with van der Waals surface area (Å²) in [7, 11) is 0. The van der Waals surface area contributed by atoms with E-state index in [9.17, 15) is 4.79 Å². The molecule has 1 saturated heterocycles. The van der Waals surface area contributed by atoms with Crippen molar-refractivity contribution in [2.24, 2.45) is 5.92 Å². The molecule has 1 aromatic heterocycles. The number of hydrogen-bond donors (Lipinski definition) is 1. The van der Waals surface area contributed by atoms with Gasteiger partial charge in [0.05, 0.1) is 12.0 Å². The minimum absolute atomic E-state index is 0.0225. The van der Waals surface area contributed by atoms with Crippen LogP contribution in [0.25, 0.3) is 0 Å². The van der Waals surface area contributed by atoms with E-state index in [1.54, 1.807) is 6.20 Å². The number of benzene rings is 1. The maximum absolute atomic E-state index is 12.7. The van der Waals surface area contributed by atoms with Gasteiger partial charge >= 0.3 is 0 Å². The molecule has 0 unspecified atom stereocenters. The van der Waals surface area contributed by atoms with Gasteiger partial charge in [0, 0.05) is 30.0 Å². The molecule has 132 valence electrons. The molecular formula is C20H24BrN3O. The molecule has 25 heavy (non-hydrogen) atoms. The number of nitrogens with one attached hydrogen (secondary N) is 1. The molecule has 0 radical (unpaired) electrons. The summed E-state index contributed by atoms with van der Waals surface area (Å²) in [6, 6.07) is 12.2. The minimum atomic E-state index is 0.0225. The van der Waals surface area contributed by atoms with E-state index in [1.807, 2.05) is 43.5 Å². The zero-order chi connectivity index (χ0) is 17.6. The molecule has 0 spiro atoms. The van der Waals surface area contributed by atoms with Crippen LogP contribution in [0.1, 0.15) is 36.9 Å². The number of pyridine rings is 1. The third kappa shape index (κ3) is 5.13. The predicted octanol–water partition coefficient (Wildman–Crippen LogP) is 3.93. The summed E-state index contributed by atoms with van der Waals surface area (Å²) in [4.78, 5) is 19.2. The number of halogens is 1. The van der Waals surface area contributed by atoms with Crippen molar-refractivity contribution in [3.63, 3.8) is 0 Å². The van der Waals surface area contributed by atoms with Gasteiger partial charge in [0.15, 0.2) is 0 Å². The van der Waals surface area contributed by atoms with Crippen LogP contribution in [0, 0.1) is 5.92 Å². The zero-order valence-electron chi connectivity index (χ0n) is 14.5. The number of rotatable bonds is 5. The second kappa shape index (κ2) is 8.59. The summed E-state index contributed by atoms with van der Waals surface area (Å²) >= 11 is 3.44. The van der Waals surface area contributed by atoms with Gasteiger partial charge in [0.1, 0.15) is 0 Å². The van der Waals surface area contributed by atoms with Crippen molar-refractivity contribution in [1.82, 2.24) is 15.2 Å². The highest BCUT2D eigenvalue weighted by Crippen LogP contribution is 2.21. The van der Waals surface area contributed by atoms with Crippen LogP contribution in [-0.4, -0.2) is 28.9 Å². The van der Waals surface area contributed by atoms with E-state index < -0.39 is 0 Å². The lowest BCUT2D eigenvalue weighted by Crippen LogP contribution is -2.43. The summed E-state index contributed by atoms with van der Waals surface area (Å²) in [5, 5.41) is 3.18. The van der Waals surface area contributed by atoms with Crippen molar-refractivity contribution < 1.29 is 4.79 Å². The smallest absolute Gasteiger partial charge is 0.224 e. The maximum Gasteiger partial charge on any atom is 0.224 e. The fraction of sp³-hybridized carbons (Fsp3) is 0.400. The van der Waals surface area contributed by atoms with E-state index >= 15 is 0 Å². The Labute approximate surface area is 157 Å². The zero-order valence-corrected chi connectivity index (χ0v) is 16.1. The monoisotopic (exact) mass is 401 g/mol. The molecule has 1 aromatic carbocycles. The molecule has 1 N–H and O–H groups in total. The number of piperidine rings is 1. The Morgan fingerprint density at radius 3 is 2.88 bits per heavy atom. The van der Waals surface area contributed by atoms with Gasteiger partial charge in [0.2, 0.25) is 5.91 Å². The molecule has 5 heteroatoms. The number of nitrogens with zero attached hydrogens (tertiary/aromatic N) is 2. The molecule has 1 aliphatic heterocycles. The summed E-state index contributed by atoms with van der Waals surface area (Å²) in [5.74, 6) is 0.217. The lowest BCUT2D eigenvalue weighted by Gasteiger charge is -2.32. The fourth-order valence-electron chi connectivity index (χ4n) is 3.33. The Balaban J connectivity index is 1.55. The quantitative estimate of drug-likeness (QED) is 0.824. The van der Waals surface area contributed by atoms with Crippen LogP contribution in [0.3, 0.4) is 0 Å². The second-order valence-corrected chi connectivity index (χ2v) is 7.63. The average Bonchev–Trinajstić information content (AvgIpc) is 2.63. The number of likely N-dealkylation sites (tertiary alicyclic amines) is 1. The number of carbonyl (C=O) groups excluding carboxylic acids is 1. The van der Waals surface area contributed by atoms with Gasteiger partial charge in [-0.3, -0.25) is 14.7 Å². The van der Waals surface area contributed by atoms with Crippen molar-refractivity contribution >= 4 is 21.8 Å². The highest BCUT2D eigenvalue weighted by atomic mass is 79.9. The Kier molecular flexibility index (Phi) is 6.21. The first kappa shape index (κ1) is 18.1. The van der Waals surface area contributed by atoms with E-state index in [1.165, 1.54) is 5.56 Å². The molecule has 0 bridgehead atoms. The third-order valence-electron chi connectivity index (χ3n) is 4.73. The Bertz CT molecular complexity index is 690. The molecule has 1 aliphatic rings. The summed E-state index contributed by atoms with van der Waals surface area (Å²) in [6.07, 6.45) is 5.71. The van der Waals surface area contributed by atoms with Crippen LogP contribution in [0.15, 0.2) is 53.3 Å². The van der Waals surface area contributed by atoms with E-state index in [0.29, 0.717) is 0 Å². The van der Waals surface area contributed by atoms with Crippen molar-refractivity contribution in [2.75, 3.05) is 13.1 Å². The Hall–Kier alpha value is -1.72. The molecule has 0 saturated carbocycles. The van der Waals surface area contributed by atoms with E-state index in [4.69, 9.17) is 0 Å². The van der Waals surface area contributed by atoms with Crippen molar-refractivity contribution in [1.29, 1.82) is 0 Å². The third-order valence-corrected chi connectivity index (χ3v) is 5.26. The van der Waals surface area contributed by atoms with Gasteiger partial charge in [-0.2, -0.15) is 0 Å². The van der Waals surface area contributed by atoms with Crippen molar-refractivity contribution in [3.05, 3.63) is 64.4 Å². The van der Waals surface area contributed by atoms with E-state index in [-0.39, 0.29) is 17.9 Å². The SMILES string of the molecule is C[C@H](NC(=O)[C@H]1CCCN(Cc2cccnc2)C1)c1ccc(Br)cc1. The topological polar surface area (TPSA) is 45.2 Å². The normalized spacial score (nSPS) is 19.4. The van der Waals surface area contributed by atoms with Crippen LogP contribution in [0.5, 0.6) is 0 Å². The molecule has 0 aliphatic carbocycles. The van der Waals surface area contributed by atoms with Gasteiger partial charge in [0.25, 0.3) is 0 Å². The highest BCUT2D eigenvalue weighted by Gasteiger charge is 2.26. The molecule has 1 amide bonds. The molecular weight excluding hydrogens is 378 g/mol. The molecule has 4 nitrogen and oxygen atoms in total. The molecule has 1 fully saturated rings. The highest BCUT2D eigenvalue weighted by molar-refractivity contribution is 9.10. The molecule has 2 atom stereocenters. The van der Waals surface area contributed by atoms with Gasteiger partial charge in [-0.05, 0) is 55.6 Å². The first-order valence-electron chi connectivity index (χ1n) is 8.79. The van der Waals surface area contributed by atoms with Crippen LogP contribution < -0.4 is 5.32 Å². The average molecular weight is 402 g/mol. The molecule has 3 rings (SSSR count). The van der Waals surface area contributed by atoms with Crippen LogP contribution >= 0.6 is 15.9 Å². The fourth-order valence-corrected chi connectivity index (χ4v) is 3.59. The standard InChI is InChI=1S/C20H24BrN3O/c1-15(17-6-8-19(21)9-7-17)23-20(25)18-5-3-11-24(14-18)13-16-4-2-10-22-12-16/h2,4,6-10,12,15,18H,3,5,11,13-14H2,1H3,(H,23,25)/t15-,18-/m0/s1. The predicted molar refractivity (Wildman–Crippen MR) is 103 cm³/mol. The number of carbonyl (C=O) groups is 1. The summed E-state index contributed by atoms with van der Waals surface area (Å²) in [6.45, 7) is 4.76. The molecule has 2 heterocycles. The van der Waals surface area contributed by atoms with Gasteiger partial charge in [-0.1, -0.05) is 34.1 Å². The van der Waals surface area contributed by atoms with E-state index in [0.717, 1.165) is 42.5 Å². The lowest BCUT2D eigenvalue weighted by atomic mass is 9.96. The maximum atomic E-state index is 12.7. The second-order valence-electron chi connectivity index (χ2n) is 6.72. The Morgan fingerprint density at radius 1 is 1.36 bits per heavy atom. The van der Waals surface area contributed by atoms with Crippen LogP contribution in [0.2, 0.25) is 0 Å². The first-order valence-corrected chi connectivity index (χ1v) is 9.58. The van der Waals surface area contributed by atoms with Crippen LogP contribution in [0.4, 0.5) is 0 Å².